The Morgan fingerprint density at radius 3 is 1.73 bits per heavy atom. The van der Waals surface area contributed by atoms with Crippen LogP contribution in [-0.2, 0) is 4.74 Å². The topological polar surface area (TPSA) is 73.2 Å². The number of hydrogen-bond acceptors (Lipinski definition) is 4. The highest BCUT2D eigenvalue weighted by Crippen LogP contribution is 2.04. The van der Waals surface area contributed by atoms with Gasteiger partial charge in [-0.15, -0.1) is 0 Å². The maximum atomic E-state index is 8.40. The SMILES string of the molecule is CC(O)C(C)(O)O.CC1CO1. The molecular formula is C7H16O4. The van der Waals surface area contributed by atoms with Crippen LogP contribution < -0.4 is 0 Å². The van der Waals surface area contributed by atoms with Crippen molar-refractivity contribution in [2.75, 3.05) is 6.61 Å². The van der Waals surface area contributed by atoms with E-state index in [9.17, 15) is 0 Å². The molecule has 2 atom stereocenters. The molecule has 0 radical (unpaired) electrons. The molecule has 1 aliphatic heterocycles. The Balaban J connectivity index is 0.000000207. The van der Waals surface area contributed by atoms with E-state index in [2.05, 4.69) is 6.92 Å². The van der Waals surface area contributed by atoms with Crippen LogP contribution in [0.5, 0.6) is 0 Å². The molecule has 0 bridgehead atoms. The van der Waals surface area contributed by atoms with Crippen LogP contribution in [-0.4, -0.2) is 39.9 Å². The van der Waals surface area contributed by atoms with Gasteiger partial charge < -0.3 is 20.1 Å². The van der Waals surface area contributed by atoms with Crippen molar-refractivity contribution in [2.24, 2.45) is 0 Å². The highest BCUT2D eigenvalue weighted by atomic mass is 16.6. The van der Waals surface area contributed by atoms with Gasteiger partial charge in [0.1, 0.15) is 6.10 Å². The Morgan fingerprint density at radius 2 is 1.73 bits per heavy atom. The molecule has 3 N–H and O–H groups in total. The van der Waals surface area contributed by atoms with Crippen molar-refractivity contribution in [1.29, 1.82) is 0 Å². The summed E-state index contributed by atoms with van der Waals surface area (Å²) < 4.78 is 4.71. The standard InChI is InChI=1S/C4H10O3.C3H6O/c1-3(5)4(2,6)7;1-3-2-4-3/h3,5-7H,1-2H3;3H,2H2,1H3. The molecule has 0 aromatic carbocycles. The molecule has 2 unspecified atom stereocenters. The Bertz CT molecular complexity index is 101. The van der Waals surface area contributed by atoms with Gasteiger partial charge in [-0.2, -0.15) is 0 Å². The average molecular weight is 164 g/mol. The molecule has 1 aliphatic rings. The van der Waals surface area contributed by atoms with Crippen LogP contribution in [0.1, 0.15) is 20.8 Å². The summed E-state index contributed by atoms with van der Waals surface area (Å²) in [5.74, 6) is -1.94. The molecule has 68 valence electrons. The van der Waals surface area contributed by atoms with Gasteiger partial charge in [-0.25, -0.2) is 0 Å². The van der Waals surface area contributed by atoms with E-state index < -0.39 is 11.9 Å². The number of ether oxygens (including phenoxy) is 1. The summed E-state index contributed by atoms with van der Waals surface area (Å²) in [6.07, 6.45) is -0.507. The first-order chi connectivity index (χ1) is 4.84. The van der Waals surface area contributed by atoms with Crippen molar-refractivity contribution >= 4 is 0 Å². The smallest absolute Gasteiger partial charge is 0.186 e. The third-order valence-corrected chi connectivity index (χ3v) is 1.29. The van der Waals surface area contributed by atoms with Gasteiger partial charge in [0.25, 0.3) is 0 Å². The fraction of sp³-hybridized carbons (Fsp3) is 1.00. The molecule has 1 saturated heterocycles. The van der Waals surface area contributed by atoms with Crippen LogP contribution in [0.3, 0.4) is 0 Å². The van der Waals surface area contributed by atoms with Gasteiger partial charge in [0.2, 0.25) is 0 Å². The molecule has 4 heteroatoms. The van der Waals surface area contributed by atoms with E-state index in [-0.39, 0.29) is 0 Å². The zero-order valence-electron chi connectivity index (χ0n) is 7.11. The Labute approximate surface area is 66.4 Å². The van der Waals surface area contributed by atoms with Gasteiger partial charge in [-0.05, 0) is 20.8 Å². The van der Waals surface area contributed by atoms with Crippen molar-refractivity contribution < 1.29 is 20.1 Å². The van der Waals surface area contributed by atoms with Crippen LogP contribution in [0, 0.1) is 0 Å². The lowest BCUT2D eigenvalue weighted by Gasteiger charge is -2.17. The predicted molar refractivity (Wildman–Crippen MR) is 39.9 cm³/mol. The van der Waals surface area contributed by atoms with Crippen molar-refractivity contribution in [3.63, 3.8) is 0 Å². The summed E-state index contributed by atoms with van der Waals surface area (Å²) in [5, 5.41) is 25.2. The lowest BCUT2D eigenvalue weighted by atomic mass is 10.2. The quantitative estimate of drug-likeness (QED) is 0.360. The molecule has 0 spiro atoms. The summed E-state index contributed by atoms with van der Waals surface area (Å²) in [4.78, 5) is 0. The second kappa shape index (κ2) is 4.01. The highest BCUT2D eigenvalue weighted by molar-refractivity contribution is 4.61. The van der Waals surface area contributed by atoms with E-state index in [1.165, 1.54) is 6.92 Å². The van der Waals surface area contributed by atoms with Gasteiger partial charge in [-0.3, -0.25) is 0 Å². The zero-order valence-corrected chi connectivity index (χ0v) is 7.11. The molecule has 4 nitrogen and oxygen atoms in total. The first-order valence-corrected chi connectivity index (χ1v) is 3.58. The molecule has 0 saturated carbocycles. The van der Waals surface area contributed by atoms with E-state index in [4.69, 9.17) is 20.1 Å². The van der Waals surface area contributed by atoms with E-state index in [0.29, 0.717) is 6.10 Å². The molecule has 1 fully saturated rings. The van der Waals surface area contributed by atoms with Crippen molar-refractivity contribution in [1.82, 2.24) is 0 Å². The van der Waals surface area contributed by atoms with Gasteiger partial charge in [0, 0.05) is 0 Å². The minimum atomic E-state index is -1.94. The molecule has 0 aromatic heterocycles. The minimum absolute atomic E-state index is 0.583. The van der Waals surface area contributed by atoms with Crippen molar-refractivity contribution in [3.8, 4) is 0 Å². The van der Waals surface area contributed by atoms with Crippen LogP contribution in [0.2, 0.25) is 0 Å². The number of aliphatic hydroxyl groups excluding tert-OH is 1. The Hall–Kier alpha value is -0.160. The molecule has 0 aromatic rings. The molecule has 11 heavy (non-hydrogen) atoms. The van der Waals surface area contributed by atoms with Gasteiger partial charge in [0.15, 0.2) is 5.79 Å². The van der Waals surface area contributed by atoms with Crippen LogP contribution in [0.15, 0.2) is 0 Å². The highest BCUT2D eigenvalue weighted by Gasteiger charge is 2.21. The third kappa shape index (κ3) is 7.74. The van der Waals surface area contributed by atoms with Crippen LogP contribution >= 0.6 is 0 Å². The second-order valence-corrected chi connectivity index (χ2v) is 2.91. The van der Waals surface area contributed by atoms with Gasteiger partial charge >= 0.3 is 0 Å². The molecular weight excluding hydrogens is 148 g/mol. The van der Waals surface area contributed by atoms with Crippen molar-refractivity contribution in [3.05, 3.63) is 0 Å². The predicted octanol–water partition coefficient (Wildman–Crippen LogP) is -0.527. The fourth-order valence-corrected chi connectivity index (χ4v) is 0.0962. The lowest BCUT2D eigenvalue weighted by molar-refractivity contribution is -0.205. The van der Waals surface area contributed by atoms with E-state index >= 15 is 0 Å². The summed E-state index contributed by atoms with van der Waals surface area (Å²) in [5.41, 5.74) is 0. The Morgan fingerprint density at radius 1 is 1.55 bits per heavy atom. The molecule has 1 heterocycles. The summed E-state index contributed by atoms with van der Waals surface area (Å²) in [7, 11) is 0. The normalized spacial score (nSPS) is 25.1. The van der Waals surface area contributed by atoms with E-state index in [1.54, 1.807) is 0 Å². The first kappa shape index (κ1) is 10.8. The number of rotatable bonds is 1. The molecule has 0 amide bonds. The van der Waals surface area contributed by atoms with E-state index in [0.717, 1.165) is 13.5 Å². The van der Waals surface area contributed by atoms with Gasteiger partial charge in [0.05, 0.1) is 12.7 Å². The largest absolute Gasteiger partial charge is 0.388 e. The number of hydrogen-bond donors (Lipinski definition) is 3. The monoisotopic (exact) mass is 164 g/mol. The first-order valence-electron chi connectivity index (χ1n) is 3.58. The van der Waals surface area contributed by atoms with Crippen molar-refractivity contribution in [2.45, 2.75) is 38.8 Å². The average Bonchev–Trinajstić information content (AvgIpc) is 2.49. The maximum Gasteiger partial charge on any atom is 0.186 e. The zero-order chi connectivity index (χ0) is 9.07. The minimum Gasteiger partial charge on any atom is -0.388 e. The van der Waals surface area contributed by atoms with Crippen LogP contribution in [0.25, 0.3) is 0 Å². The van der Waals surface area contributed by atoms with Crippen LogP contribution in [0.4, 0.5) is 0 Å². The molecule has 0 aliphatic carbocycles. The van der Waals surface area contributed by atoms with E-state index in [1.807, 2.05) is 0 Å². The third-order valence-electron chi connectivity index (χ3n) is 1.29. The number of epoxide rings is 1. The summed E-state index contributed by atoms with van der Waals surface area (Å²) in [6.45, 7) is 5.47. The number of aliphatic hydroxyl groups is 3. The fourth-order valence-electron chi connectivity index (χ4n) is 0.0962. The molecule has 1 rings (SSSR count). The Kier molecular flexibility index (Phi) is 3.96. The summed E-state index contributed by atoms with van der Waals surface area (Å²) >= 11 is 0. The second-order valence-electron chi connectivity index (χ2n) is 2.91. The van der Waals surface area contributed by atoms with Gasteiger partial charge in [-0.1, -0.05) is 0 Å². The summed E-state index contributed by atoms with van der Waals surface area (Å²) in [6, 6.07) is 0. The maximum absolute atomic E-state index is 8.40. The lowest BCUT2D eigenvalue weighted by Crippen LogP contribution is -2.36.